The Morgan fingerprint density at radius 2 is 1.96 bits per heavy atom. The van der Waals surface area contributed by atoms with Crippen LogP contribution in [0.5, 0.6) is 11.9 Å². The fourth-order valence-corrected chi connectivity index (χ4v) is 3.41. The SMILES string of the molecule is COc1ncc(-c2nccc3c2nc(C)c(=O)n3[C@@H](C)C2CC2)c(OC)n1. The van der Waals surface area contributed by atoms with Crippen molar-refractivity contribution in [1.82, 2.24) is 24.5 Å². The molecule has 3 aromatic rings. The van der Waals surface area contributed by atoms with Gasteiger partial charge in [-0.15, -0.1) is 0 Å². The molecule has 0 N–H and O–H groups in total. The summed E-state index contributed by atoms with van der Waals surface area (Å²) in [6.07, 6.45) is 5.57. The third kappa shape index (κ3) is 2.90. The Kier molecular flexibility index (Phi) is 4.25. The van der Waals surface area contributed by atoms with Crippen molar-refractivity contribution >= 4 is 11.0 Å². The third-order valence-electron chi connectivity index (χ3n) is 5.04. The molecule has 1 atom stereocenters. The van der Waals surface area contributed by atoms with Crippen LogP contribution in [0, 0.1) is 12.8 Å². The average molecular weight is 367 g/mol. The van der Waals surface area contributed by atoms with Crippen molar-refractivity contribution < 1.29 is 9.47 Å². The van der Waals surface area contributed by atoms with Gasteiger partial charge in [0.1, 0.15) is 16.9 Å². The summed E-state index contributed by atoms with van der Waals surface area (Å²) in [5.74, 6) is 0.873. The smallest absolute Gasteiger partial charge is 0.319 e. The maximum Gasteiger partial charge on any atom is 0.319 e. The number of fused-ring (bicyclic) bond motifs is 1. The number of aryl methyl sites for hydroxylation is 1. The Bertz CT molecular complexity index is 1070. The number of aromatic nitrogens is 5. The Morgan fingerprint density at radius 3 is 2.63 bits per heavy atom. The van der Waals surface area contributed by atoms with Crippen molar-refractivity contribution in [3.8, 4) is 23.1 Å². The zero-order valence-electron chi connectivity index (χ0n) is 15.8. The zero-order valence-corrected chi connectivity index (χ0v) is 15.8. The number of ether oxygens (including phenoxy) is 2. The van der Waals surface area contributed by atoms with Gasteiger partial charge in [0, 0.05) is 18.4 Å². The van der Waals surface area contributed by atoms with E-state index in [1.807, 2.05) is 10.6 Å². The van der Waals surface area contributed by atoms with Crippen LogP contribution in [0.4, 0.5) is 0 Å². The van der Waals surface area contributed by atoms with Crippen molar-refractivity contribution in [1.29, 1.82) is 0 Å². The predicted octanol–water partition coefficient (Wildman–Crippen LogP) is 2.55. The summed E-state index contributed by atoms with van der Waals surface area (Å²) in [5, 5.41) is 0. The van der Waals surface area contributed by atoms with E-state index in [4.69, 9.17) is 9.47 Å². The molecule has 0 aromatic carbocycles. The molecule has 3 heterocycles. The molecule has 0 unspecified atom stereocenters. The first-order valence-electron chi connectivity index (χ1n) is 8.88. The lowest BCUT2D eigenvalue weighted by atomic mass is 10.1. The van der Waals surface area contributed by atoms with Crippen LogP contribution in [0.25, 0.3) is 22.3 Å². The topological polar surface area (TPSA) is 92.0 Å². The molecule has 0 aliphatic heterocycles. The Labute approximate surface area is 156 Å². The summed E-state index contributed by atoms with van der Waals surface area (Å²) < 4.78 is 12.3. The van der Waals surface area contributed by atoms with E-state index in [1.54, 1.807) is 19.3 Å². The number of nitrogens with zero attached hydrogens (tertiary/aromatic N) is 5. The maximum absolute atomic E-state index is 12.8. The first-order chi connectivity index (χ1) is 13.0. The van der Waals surface area contributed by atoms with Gasteiger partial charge < -0.3 is 14.0 Å². The molecule has 0 spiro atoms. The molecule has 3 aromatic heterocycles. The molecule has 4 rings (SSSR count). The highest BCUT2D eigenvalue weighted by molar-refractivity contribution is 5.90. The van der Waals surface area contributed by atoms with Crippen LogP contribution in [0.1, 0.15) is 31.5 Å². The average Bonchev–Trinajstić information content (AvgIpc) is 3.53. The standard InChI is InChI=1S/C19H21N5O3/c1-10-18(25)24(11(2)12-5-6-12)14-7-8-20-15(16(14)22-10)13-9-21-19(27-4)23-17(13)26-3/h7-9,11-12H,5-6H2,1-4H3/t11-/m0/s1. The molecule has 1 saturated carbocycles. The molecule has 140 valence electrons. The molecule has 0 radical (unpaired) electrons. The summed E-state index contributed by atoms with van der Waals surface area (Å²) in [7, 11) is 3.02. The summed E-state index contributed by atoms with van der Waals surface area (Å²) >= 11 is 0. The maximum atomic E-state index is 12.8. The van der Waals surface area contributed by atoms with E-state index in [9.17, 15) is 4.79 Å². The van der Waals surface area contributed by atoms with Crippen molar-refractivity contribution in [2.75, 3.05) is 14.2 Å². The molecule has 1 aliphatic rings. The molecule has 1 aliphatic carbocycles. The Hall–Kier alpha value is -3.03. The summed E-state index contributed by atoms with van der Waals surface area (Å²) in [6.45, 7) is 3.82. The monoisotopic (exact) mass is 367 g/mol. The Balaban J connectivity index is 2.00. The molecule has 0 saturated heterocycles. The second-order valence-corrected chi connectivity index (χ2v) is 6.76. The summed E-state index contributed by atoms with van der Waals surface area (Å²) in [5.41, 5.74) is 2.95. The minimum absolute atomic E-state index is 0.0583. The lowest BCUT2D eigenvalue weighted by Gasteiger charge is -2.19. The number of hydrogen-bond donors (Lipinski definition) is 0. The number of rotatable bonds is 5. The van der Waals surface area contributed by atoms with E-state index in [1.165, 1.54) is 14.2 Å². The lowest BCUT2D eigenvalue weighted by Crippen LogP contribution is -2.28. The van der Waals surface area contributed by atoms with Gasteiger partial charge in [-0.1, -0.05) is 0 Å². The predicted molar refractivity (Wildman–Crippen MR) is 100 cm³/mol. The van der Waals surface area contributed by atoms with Gasteiger partial charge in [-0.25, -0.2) is 9.97 Å². The van der Waals surface area contributed by atoms with Crippen molar-refractivity contribution in [2.24, 2.45) is 5.92 Å². The molecule has 8 nitrogen and oxygen atoms in total. The van der Waals surface area contributed by atoms with Gasteiger partial charge >= 0.3 is 6.01 Å². The fraction of sp³-hybridized carbons (Fsp3) is 0.421. The van der Waals surface area contributed by atoms with E-state index in [2.05, 4.69) is 26.9 Å². The quantitative estimate of drug-likeness (QED) is 0.684. The van der Waals surface area contributed by atoms with Gasteiger partial charge in [-0.05, 0) is 38.7 Å². The Morgan fingerprint density at radius 1 is 1.19 bits per heavy atom. The zero-order chi connectivity index (χ0) is 19.1. The molecule has 0 bridgehead atoms. The number of hydrogen-bond acceptors (Lipinski definition) is 7. The largest absolute Gasteiger partial charge is 0.480 e. The molecular weight excluding hydrogens is 346 g/mol. The molecule has 1 fully saturated rings. The lowest BCUT2D eigenvalue weighted by molar-refractivity contribution is 0.353. The van der Waals surface area contributed by atoms with E-state index in [0.717, 1.165) is 18.4 Å². The minimum Gasteiger partial charge on any atom is -0.480 e. The number of methoxy groups -OCH3 is 2. The third-order valence-corrected chi connectivity index (χ3v) is 5.04. The van der Waals surface area contributed by atoms with Gasteiger partial charge in [-0.3, -0.25) is 9.78 Å². The first-order valence-corrected chi connectivity index (χ1v) is 8.88. The summed E-state index contributed by atoms with van der Waals surface area (Å²) in [4.78, 5) is 30.3. The van der Waals surface area contributed by atoms with Crippen LogP contribution < -0.4 is 15.0 Å². The van der Waals surface area contributed by atoms with Gasteiger partial charge in [0.05, 0.1) is 25.3 Å². The fourth-order valence-electron chi connectivity index (χ4n) is 3.41. The second kappa shape index (κ2) is 6.61. The van der Waals surface area contributed by atoms with E-state index in [0.29, 0.717) is 34.3 Å². The highest BCUT2D eigenvalue weighted by atomic mass is 16.5. The molecule has 27 heavy (non-hydrogen) atoms. The summed E-state index contributed by atoms with van der Waals surface area (Å²) in [6, 6.07) is 2.16. The first kappa shape index (κ1) is 17.4. The second-order valence-electron chi connectivity index (χ2n) is 6.76. The van der Waals surface area contributed by atoms with E-state index in [-0.39, 0.29) is 17.6 Å². The molecule has 8 heteroatoms. The normalized spacial score (nSPS) is 15.0. The number of pyridine rings is 1. The van der Waals surface area contributed by atoms with E-state index >= 15 is 0 Å². The van der Waals surface area contributed by atoms with Crippen LogP contribution >= 0.6 is 0 Å². The van der Waals surface area contributed by atoms with Crippen molar-refractivity contribution in [2.45, 2.75) is 32.7 Å². The van der Waals surface area contributed by atoms with Crippen molar-refractivity contribution in [3.05, 3.63) is 34.5 Å². The van der Waals surface area contributed by atoms with Crippen LogP contribution in [0.15, 0.2) is 23.3 Å². The molecule has 0 amide bonds. The van der Waals surface area contributed by atoms with Crippen LogP contribution in [-0.2, 0) is 0 Å². The minimum atomic E-state index is -0.0583. The van der Waals surface area contributed by atoms with Gasteiger partial charge in [0.15, 0.2) is 0 Å². The highest BCUT2D eigenvalue weighted by Gasteiger charge is 2.31. The van der Waals surface area contributed by atoms with Gasteiger partial charge in [-0.2, -0.15) is 4.98 Å². The van der Waals surface area contributed by atoms with Crippen LogP contribution in [0.2, 0.25) is 0 Å². The van der Waals surface area contributed by atoms with E-state index < -0.39 is 0 Å². The van der Waals surface area contributed by atoms with Crippen LogP contribution in [-0.4, -0.2) is 38.7 Å². The molecular formula is C19H21N5O3. The van der Waals surface area contributed by atoms with Gasteiger partial charge in [0.25, 0.3) is 5.56 Å². The van der Waals surface area contributed by atoms with Gasteiger partial charge in [0.2, 0.25) is 5.88 Å². The van der Waals surface area contributed by atoms with Crippen molar-refractivity contribution in [3.63, 3.8) is 0 Å². The highest BCUT2D eigenvalue weighted by Crippen LogP contribution is 2.40. The van der Waals surface area contributed by atoms with Crippen LogP contribution in [0.3, 0.4) is 0 Å².